The van der Waals surface area contributed by atoms with Crippen LogP contribution in [0.4, 0.5) is 11.4 Å². The summed E-state index contributed by atoms with van der Waals surface area (Å²) in [6, 6.07) is 7.53. The molecule has 1 aromatic heterocycles. The molecule has 0 atom stereocenters. The summed E-state index contributed by atoms with van der Waals surface area (Å²) in [5.74, 6) is -0.638. The summed E-state index contributed by atoms with van der Waals surface area (Å²) in [7, 11) is 0. The molecular formula is C14H12ClN3O3. The molecule has 0 aliphatic heterocycles. The maximum absolute atomic E-state index is 12.3. The Bertz CT molecular complexity index is 731. The molecular weight excluding hydrogens is 294 g/mol. The minimum atomic E-state index is -0.638. The van der Waals surface area contributed by atoms with E-state index in [1.165, 1.54) is 18.2 Å². The Kier molecular flexibility index (Phi) is 4.18. The molecule has 108 valence electrons. The number of aromatic nitrogens is 1. The highest BCUT2D eigenvalue weighted by atomic mass is 35.5. The molecule has 0 spiro atoms. The monoisotopic (exact) mass is 305 g/mol. The molecule has 2 rings (SSSR count). The smallest absolute Gasteiger partial charge is 0.283 e. The predicted molar refractivity (Wildman–Crippen MR) is 79.8 cm³/mol. The number of halogens is 1. The van der Waals surface area contributed by atoms with Crippen molar-refractivity contribution in [2.45, 2.75) is 13.8 Å². The lowest BCUT2D eigenvalue weighted by atomic mass is 10.1. The van der Waals surface area contributed by atoms with E-state index in [0.29, 0.717) is 11.4 Å². The van der Waals surface area contributed by atoms with Gasteiger partial charge in [-0.05, 0) is 32.0 Å². The molecule has 2 aromatic rings. The Balaban J connectivity index is 2.39. The summed E-state index contributed by atoms with van der Waals surface area (Å²) in [6.07, 6.45) is 0. The Morgan fingerprint density at radius 1 is 1.29 bits per heavy atom. The van der Waals surface area contributed by atoms with Gasteiger partial charge >= 0.3 is 0 Å². The second-order valence-corrected chi connectivity index (χ2v) is 4.84. The van der Waals surface area contributed by atoms with Crippen LogP contribution >= 0.6 is 11.6 Å². The number of carbonyl (C=O) groups excluding carboxylic acids is 1. The number of nitro benzene ring substituents is 1. The van der Waals surface area contributed by atoms with Gasteiger partial charge in [-0.25, -0.2) is 0 Å². The normalized spacial score (nSPS) is 10.2. The van der Waals surface area contributed by atoms with Crippen molar-refractivity contribution in [1.29, 1.82) is 0 Å². The number of carbonyl (C=O) groups is 1. The largest absolute Gasteiger partial charge is 0.320 e. The Labute approximate surface area is 125 Å². The molecule has 21 heavy (non-hydrogen) atoms. The molecule has 1 amide bonds. The lowest BCUT2D eigenvalue weighted by Crippen LogP contribution is -2.15. The van der Waals surface area contributed by atoms with Crippen LogP contribution in [-0.2, 0) is 0 Å². The van der Waals surface area contributed by atoms with E-state index in [4.69, 9.17) is 11.6 Å². The van der Waals surface area contributed by atoms with Crippen LogP contribution in [-0.4, -0.2) is 15.8 Å². The number of amides is 1. The molecule has 0 bridgehead atoms. The summed E-state index contributed by atoms with van der Waals surface area (Å²) in [5.41, 5.74) is 1.42. The van der Waals surface area contributed by atoms with Gasteiger partial charge in [0.05, 0.1) is 21.3 Å². The first kappa shape index (κ1) is 14.9. The maximum atomic E-state index is 12.3. The first-order chi connectivity index (χ1) is 9.90. The van der Waals surface area contributed by atoms with Gasteiger partial charge in [-0.1, -0.05) is 17.7 Å². The zero-order chi connectivity index (χ0) is 15.6. The number of benzene rings is 1. The van der Waals surface area contributed by atoms with Crippen molar-refractivity contribution in [2.24, 2.45) is 0 Å². The second kappa shape index (κ2) is 5.88. The number of nitrogens with one attached hydrogen (secondary N) is 1. The average molecular weight is 306 g/mol. The molecule has 1 aromatic carbocycles. The highest BCUT2D eigenvalue weighted by Gasteiger charge is 2.23. The maximum Gasteiger partial charge on any atom is 0.283 e. The van der Waals surface area contributed by atoms with Gasteiger partial charge in [-0.2, -0.15) is 0 Å². The van der Waals surface area contributed by atoms with Crippen LogP contribution in [0, 0.1) is 24.0 Å². The van der Waals surface area contributed by atoms with Crippen molar-refractivity contribution in [1.82, 2.24) is 4.98 Å². The van der Waals surface area contributed by atoms with Crippen LogP contribution < -0.4 is 5.32 Å². The molecule has 0 aliphatic carbocycles. The van der Waals surface area contributed by atoms with E-state index in [2.05, 4.69) is 10.3 Å². The Morgan fingerprint density at radius 2 is 2.00 bits per heavy atom. The number of pyridine rings is 1. The minimum Gasteiger partial charge on any atom is -0.320 e. The fourth-order valence-corrected chi connectivity index (χ4v) is 2.15. The zero-order valence-corrected chi connectivity index (χ0v) is 12.1. The van der Waals surface area contributed by atoms with Gasteiger partial charge < -0.3 is 5.32 Å². The standard InChI is InChI=1S/C14H12ClN3O3/c1-8-6-7-11(9(2)16-8)17-14(19)13-10(15)4-3-5-12(13)18(20)21/h3-7H,1-2H3,(H,17,19). The fourth-order valence-electron chi connectivity index (χ4n) is 1.89. The number of aryl methyl sites for hydroxylation is 2. The van der Waals surface area contributed by atoms with E-state index in [1.54, 1.807) is 19.1 Å². The molecule has 1 heterocycles. The number of nitro groups is 1. The van der Waals surface area contributed by atoms with Crippen molar-refractivity contribution in [3.8, 4) is 0 Å². The third-order valence-electron chi connectivity index (χ3n) is 2.89. The molecule has 0 unspecified atom stereocenters. The van der Waals surface area contributed by atoms with Crippen LogP contribution in [0.5, 0.6) is 0 Å². The first-order valence-electron chi connectivity index (χ1n) is 6.08. The highest BCUT2D eigenvalue weighted by molar-refractivity contribution is 6.35. The van der Waals surface area contributed by atoms with Gasteiger partial charge in [-0.15, -0.1) is 0 Å². The van der Waals surface area contributed by atoms with Gasteiger partial charge in [0.2, 0.25) is 0 Å². The molecule has 0 aliphatic rings. The lowest BCUT2D eigenvalue weighted by Gasteiger charge is -2.09. The average Bonchev–Trinajstić information content (AvgIpc) is 2.41. The fraction of sp³-hybridized carbons (Fsp3) is 0.143. The number of anilines is 1. The highest BCUT2D eigenvalue weighted by Crippen LogP contribution is 2.27. The van der Waals surface area contributed by atoms with Crippen LogP contribution in [0.1, 0.15) is 21.7 Å². The second-order valence-electron chi connectivity index (χ2n) is 4.43. The van der Waals surface area contributed by atoms with Crippen molar-refractivity contribution in [3.05, 3.63) is 62.4 Å². The van der Waals surface area contributed by atoms with Crippen LogP contribution in [0.2, 0.25) is 5.02 Å². The molecule has 1 N–H and O–H groups in total. The number of hydrogen-bond donors (Lipinski definition) is 1. The Morgan fingerprint density at radius 3 is 2.62 bits per heavy atom. The quantitative estimate of drug-likeness (QED) is 0.694. The molecule has 0 saturated heterocycles. The van der Waals surface area contributed by atoms with Gasteiger partial charge in [-0.3, -0.25) is 19.9 Å². The minimum absolute atomic E-state index is 0.0272. The SMILES string of the molecule is Cc1ccc(NC(=O)c2c(Cl)cccc2[N+](=O)[O-])c(C)n1. The van der Waals surface area contributed by atoms with Crippen LogP contribution in [0.25, 0.3) is 0 Å². The molecule has 0 radical (unpaired) electrons. The third kappa shape index (κ3) is 3.17. The third-order valence-corrected chi connectivity index (χ3v) is 3.20. The first-order valence-corrected chi connectivity index (χ1v) is 6.46. The van der Waals surface area contributed by atoms with Crippen molar-refractivity contribution in [2.75, 3.05) is 5.32 Å². The van der Waals surface area contributed by atoms with E-state index in [1.807, 2.05) is 6.92 Å². The van der Waals surface area contributed by atoms with E-state index < -0.39 is 10.8 Å². The lowest BCUT2D eigenvalue weighted by molar-refractivity contribution is -0.385. The van der Waals surface area contributed by atoms with Crippen LogP contribution in [0.3, 0.4) is 0 Å². The summed E-state index contributed by atoms with van der Waals surface area (Å²) in [4.78, 5) is 26.8. The van der Waals surface area contributed by atoms with Crippen molar-refractivity contribution in [3.63, 3.8) is 0 Å². The molecule has 0 fully saturated rings. The summed E-state index contributed by atoms with van der Waals surface area (Å²) in [5, 5.41) is 13.6. The van der Waals surface area contributed by atoms with Gasteiger partial charge in [0.1, 0.15) is 5.56 Å². The molecule has 6 nitrogen and oxygen atoms in total. The summed E-state index contributed by atoms with van der Waals surface area (Å²) >= 11 is 5.92. The number of hydrogen-bond acceptors (Lipinski definition) is 4. The predicted octanol–water partition coefficient (Wildman–Crippen LogP) is 3.51. The summed E-state index contributed by atoms with van der Waals surface area (Å²) < 4.78 is 0. The van der Waals surface area contributed by atoms with Crippen molar-refractivity contribution < 1.29 is 9.72 Å². The van der Waals surface area contributed by atoms with E-state index in [-0.39, 0.29) is 16.3 Å². The van der Waals surface area contributed by atoms with E-state index in [0.717, 1.165) is 5.69 Å². The number of nitrogens with zero attached hydrogens (tertiary/aromatic N) is 2. The van der Waals surface area contributed by atoms with Crippen molar-refractivity contribution >= 4 is 28.9 Å². The van der Waals surface area contributed by atoms with Crippen LogP contribution in [0.15, 0.2) is 30.3 Å². The van der Waals surface area contributed by atoms with Gasteiger partial charge in [0.15, 0.2) is 0 Å². The molecule has 0 saturated carbocycles. The topological polar surface area (TPSA) is 85.1 Å². The Hall–Kier alpha value is -2.47. The summed E-state index contributed by atoms with van der Waals surface area (Å²) in [6.45, 7) is 3.57. The van der Waals surface area contributed by atoms with Gasteiger partial charge in [0.25, 0.3) is 11.6 Å². The zero-order valence-electron chi connectivity index (χ0n) is 11.4. The molecule has 7 heteroatoms. The van der Waals surface area contributed by atoms with E-state index >= 15 is 0 Å². The number of rotatable bonds is 3. The van der Waals surface area contributed by atoms with E-state index in [9.17, 15) is 14.9 Å². The van der Waals surface area contributed by atoms with Gasteiger partial charge in [0, 0.05) is 11.8 Å².